The summed E-state index contributed by atoms with van der Waals surface area (Å²) in [5, 5.41) is 134. The number of nitrogens with one attached hydrogen (secondary N) is 2. The van der Waals surface area contributed by atoms with Gasteiger partial charge in [-0.05, 0) is 139 Å². The zero-order chi connectivity index (χ0) is 51.8. The normalized spacial score (nSPS) is 50.6. The fraction of sp³-hybridized carbons (Fsp3) is 0.810. The first-order valence-electron chi connectivity index (χ1n) is 28.4. The number of ketones is 1. The maximum Gasteiger partial charge on any atom is 0.186 e. The van der Waals surface area contributed by atoms with Crippen molar-refractivity contribution in [2.24, 2.45) is 75.2 Å². The number of aliphatic hydroxyl groups excluding tert-OH is 6. The molecule has 0 radical (unpaired) electrons. The molecule has 3 spiro atoms. The van der Waals surface area contributed by atoms with Crippen molar-refractivity contribution in [1.82, 2.24) is 10.6 Å². The number of ether oxygens (including phenoxy) is 1. The highest BCUT2D eigenvalue weighted by Gasteiger charge is 2.85. The van der Waals surface area contributed by atoms with Crippen LogP contribution in [0.3, 0.4) is 0 Å². The molecule has 0 aromatic carbocycles. The fourth-order valence-electron chi connectivity index (χ4n) is 19.8. The number of nitrogens with two attached hydrogens (primary N) is 1. The Kier molecular flexibility index (Phi) is 13.3. The highest BCUT2D eigenvalue weighted by atomic mass is 16.5. The Morgan fingerprint density at radius 1 is 0.986 bits per heavy atom. The molecule has 73 heavy (non-hydrogen) atoms. The summed E-state index contributed by atoms with van der Waals surface area (Å²) >= 11 is 0. The standard InChI is InChI=1S/C58H85N3O12/c1-4-8-32-12-14-36-42(18-13-32)73-51-45(36)40(65)11-6-23-58(51,72)52(3,69)43-21-25-57(71)46-47(60-28-31(2)64)50(68)54-22-5-9-33(29-63)56(43,57)30-53(70)24-20-34(35-15-19-44(59)61-39(35)10-7-26-62)37-16-17-38(54)48(67)41(66)27-55(37,54)49(46)53/h15,19-20,24,31-34,36-38,40-45,48-49,51,60-67,69-72H,4,6-8,10-14,16-18,21-23,25-30,59H2,1-3H3. The van der Waals surface area contributed by atoms with E-state index >= 15 is 4.79 Å². The van der Waals surface area contributed by atoms with Gasteiger partial charge in [0.15, 0.2) is 5.78 Å². The molecule has 10 aliphatic carbocycles. The molecule has 0 aromatic heterocycles. The van der Waals surface area contributed by atoms with Crippen LogP contribution in [0.25, 0.3) is 0 Å². The molecular weight excluding hydrogens is 931 g/mol. The zero-order valence-corrected chi connectivity index (χ0v) is 43.3. The van der Waals surface area contributed by atoms with Crippen LogP contribution in [0, 0.1) is 81.3 Å². The van der Waals surface area contributed by atoms with Crippen molar-refractivity contribution in [2.45, 2.75) is 202 Å². The Morgan fingerprint density at radius 2 is 1.75 bits per heavy atom. The topological polar surface area (TPSA) is 279 Å². The number of Topliss-reactive ketones (excluding diaryl/α,β-unsaturated/α-hetero) is 1. The summed E-state index contributed by atoms with van der Waals surface area (Å²) in [4.78, 5) is 16.7. The molecule has 2 heterocycles. The molecule has 6 saturated carbocycles. The molecule has 2 aliphatic heterocycles. The summed E-state index contributed by atoms with van der Waals surface area (Å²) in [5.41, 5.74) is -4.44. The predicted molar refractivity (Wildman–Crippen MR) is 270 cm³/mol. The second-order valence-corrected chi connectivity index (χ2v) is 25.6. The van der Waals surface area contributed by atoms with Crippen molar-refractivity contribution in [3.05, 3.63) is 46.8 Å². The van der Waals surface area contributed by atoms with Gasteiger partial charge < -0.3 is 72.2 Å². The molecule has 1 saturated heterocycles. The van der Waals surface area contributed by atoms with E-state index < -0.39 is 129 Å². The minimum Gasteiger partial charge on any atom is -0.396 e. The third kappa shape index (κ3) is 7.03. The maximum absolute atomic E-state index is 16.7. The summed E-state index contributed by atoms with van der Waals surface area (Å²) in [6, 6.07) is 0. The predicted octanol–water partition coefficient (Wildman–Crippen LogP) is 2.49. The van der Waals surface area contributed by atoms with Gasteiger partial charge in [-0.1, -0.05) is 50.3 Å². The second-order valence-electron chi connectivity index (χ2n) is 25.6. The quantitative estimate of drug-likeness (QED) is 0.0989. The molecule has 12 aliphatic rings. The summed E-state index contributed by atoms with van der Waals surface area (Å²) in [5.74, 6) is 1.36. The third-order valence-electron chi connectivity index (χ3n) is 22.5. The smallest absolute Gasteiger partial charge is 0.186 e. The number of rotatable bonds is 12. The number of hydrogen-bond donors (Lipinski definition) is 13. The molecule has 0 aromatic rings. The van der Waals surface area contributed by atoms with Crippen molar-refractivity contribution in [2.75, 3.05) is 19.8 Å². The van der Waals surface area contributed by atoms with Gasteiger partial charge in [0, 0.05) is 65.7 Å². The van der Waals surface area contributed by atoms with E-state index in [0.717, 1.165) is 49.8 Å². The molecule has 23 atom stereocenters. The molecule has 7 fully saturated rings. The van der Waals surface area contributed by atoms with E-state index in [1.807, 2.05) is 18.2 Å². The van der Waals surface area contributed by atoms with E-state index in [-0.39, 0.29) is 75.0 Å². The first-order valence-corrected chi connectivity index (χ1v) is 28.4. The van der Waals surface area contributed by atoms with Crippen LogP contribution in [-0.2, 0) is 9.53 Å². The van der Waals surface area contributed by atoms with Crippen molar-refractivity contribution in [3.63, 3.8) is 0 Å². The molecule has 23 unspecified atom stereocenters. The van der Waals surface area contributed by atoms with E-state index in [2.05, 4.69) is 29.4 Å². The molecule has 12 rings (SSSR count). The molecule has 404 valence electrons. The van der Waals surface area contributed by atoms with Gasteiger partial charge in [0.05, 0.1) is 83.2 Å². The first kappa shape index (κ1) is 52.4. The van der Waals surface area contributed by atoms with E-state index in [1.165, 1.54) is 0 Å². The van der Waals surface area contributed by atoms with Crippen molar-refractivity contribution in [1.29, 1.82) is 0 Å². The van der Waals surface area contributed by atoms with E-state index in [4.69, 9.17) is 10.5 Å². The second kappa shape index (κ2) is 18.5. The number of dihydropyridines is 1. The largest absolute Gasteiger partial charge is 0.396 e. The molecule has 7 bridgehead atoms. The fourth-order valence-corrected chi connectivity index (χ4v) is 19.8. The van der Waals surface area contributed by atoms with Crippen LogP contribution in [-0.4, -0.2) is 142 Å². The number of carbonyl (C=O) groups excluding carboxylic acids is 1. The lowest BCUT2D eigenvalue weighted by molar-refractivity contribution is -0.291. The monoisotopic (exact) mass is 1020 g/mol. The van der Waals surface area contributed by atoms with Crippen molar-refractivity contribution >= 4 is 5.78 Å². The number of allylic oxidation sites excluding steroid dienone is 5. The van der Waals surface area contributed by atoms with Gasteiger partial charge in [-0.15, -0.1) is 5.92 Å². The van der Waals surface area contributed by atoms with Gasteiger partial charge in [-0.2, -0.15) is 0 Å². The maximum atomic E-state index is 16.7. The van der Waals surface area contributed by atoms with Crippen LogP contribution in [0.1, 0.15) is 136 Å². The third-order valence-corrected chi connectivity index (χ3v) is 22.5. The number of fused-ring (bicyclic) bond motifs is 6. The van der Waals surface area contributed by atoms with Crippen LogP contribution in [0.5, 0.6) is 0 Å². The molecule has 14 N–H and O–H groups in total. The van der Waals surface area contributed by atoms with E-state index in [1.54, 1.807) is 19.9 Å². The van der Waals surface area contributed by atoms with Crippen LogP contribution in [0.2, 0.25) is 0 Å². The average Bonchev–Trinajstić information content (AvgIpc) is 3.71. The minimum absolute atomic E-state index is 0.0263. The number of carbonyl (C=O) groups is 1. The van der Waals surface area contributed by atoms with Crippen molar-refractivity contribution in [3.8, 4) is 11.8 Å². The Balaban J connectivity index is 1.15. The summed E-state index contributed by atoms with van der Waals surface area (Å²) in [6.45, 7) is 4.64. The molecule has 0 amide bonds. The molecule has 15 nitrogen and oxygen atoms in total. The van der Waals surface area contributed by atoms with Gasteiger partial charge in [-0.25, -0.2) is 0 Å². The Labute approximate surface area is 430 Å². The number of aliphatic hydroxyl groups is 10. The Morgan fingerprint density at radius 3 is 2.49 bits per heavy atom. The summed E-state index contributed by atoms with van der Waals surface area (Å²) < 4.78 is 7.07. The van der Waals surface area contributed by atoms with Gasteiger partial charge in [0.2, 0.25) is 0 Å². The van der Waals surface area contributed by atoms with Crippen LogP contribution >= 0.6 is 0 Å². The first-order chi connectivity index (χ1) is 34.8. The van der Waals surface area contributed by atoms with Gasteiger partial charge >= 0.3 is 0 Å². The lowest BCUT2D eigenvalue weighted by Crippen LogP contribution is -2.79. The van der Waals surface area contributed by atoms with Crippen LogP contribution in [0.4, 0.5) is 0 Å². The van der Waals surface area contributed by atoms with Gasteiger partial charge in [0.1, 0.15) is 5.60 Å². The molecular formula is C58H85N3O12. The highest BCUT2D eigenvalue weighted by Crippen LogP contribution is 2.81. The number of hydrogen-bond acceptors (Lipinski definition) is 15. The summed E-state index contributed by atoms with van der Waals surface area (Å²) in [6.07, 6.45) is 9.57. The summed E-state index contributed by atoms with van der Waals surface area (Å²) in [7, 11) is 0. The Hall–Kier alpha value is -2.69. The highest BCUT2D eigenvalue weighted by molar-refractivity contribution is 6.03. The average molecular weight is 1020 g/mol. The van der Waals surface area contributed by atoms with E-state index in [0.29, 0.717) is 44.4 Å². The van der Waals surface area contributed by atoms with Gasteiger partial charge in [-0.3, -0.25) is 4.79 Å². The van der Waals surface area contributed by atoms with Crippen LogP contribution < -0.4 is 16.4 Å². The lowest BCUT2D eigenvalue weighted by atomic mass is 9.29. The molecule has 15 heteroatoms. The van der Waals surface area contributed by atoms with Crippen molar-refractivity contribution < 1.29 is 60.6 Å². The minimum atomic E-state index is -2.11. The van der Waals surface area contributed by atoms with Crippen LogP contribution in [0.15, 0.2) is 46.8 Å². The lowest BCUT2D eigenvalue weighted by Gasteiger charge is -2.74. The van der Waals surface area contributed by atoms with Gasteiger partial charge in [0.25, 0.3) is 0 Å². The SMILES string of the molecule is CCCC1CCC2OC3C(C(O)CCCC3(O)C(C)(O)C3CCC4(O)C5=C(NCC(C)O)C(=O)C67CC#CC(CO)C34CC3(O)C=CC(C4=C(CCCO)NC(N)C=C4)C4CCC6C(O)C(O)CC47C53)C2CC1. The van der Waals surface area contributed by atoms with E-state index in [9.17, 15) is 51.1 Å². The zero-order valence-electron chi connectivity index (χ0n) is 43.3. The Bertz CT molecular complexity index is 2380.